The van der Waals surface area contributed by atoms with Crippen molar-refractivity contribution in [2.24, 2.45) is 0 Å². The van der Waals surface area contributed by atoms with Gasteiger partial charge in [0.05, 0.1) is 0 Å². The Balaban J connectivity index is 2.38. The molecule has 1 rings (SSSR count). The second kappa shape index (κ2) is 6.06. The van der Waals surface area contributed by atoms with E-state index in [1.54, 1.807) is 0 Å². The molecule has 1 heterocycles. The maximum Gasteiger partial charge on any atom is 0.325 e. The summed E-state index contributed by atoms with van der Waals surface area (Å²) in [6.45, 7) is 2.91. The van der Waals surface area contributed by atoms with Gasteiger partial charge in [0.1, 0.15) is 5.69 Å². The van der Waals surface area contributed by atoms with Crippen molar-refractivity contribution in [1.82, 2.24) is 9.97 Å². The van der Waals surface area contributed by atoms with Crippen LogP contribution in [-0.2, 0) is 0 Å². The molecule has 3 N–H and O–H groups in total. The molecule has 5 heteroatoms. The van der Waals surface area contributed by atoms with Crippen LogP contribution in [0, 0.1) is 0 Å². The first-order valence-corrected chi connectivity index (χ1v) is 5.30. The summed E-state index contributed by atoms with van der Waals surface area (Å²) in [6.07, 6.45) is 6.00. The van der Waals surface area contributed by atoms with Gasteiger partial charge in [-0.15, -0.1) is 0 Å². The van der Waals surface area contributed by atoms with Gasteiger partial charge in [-0.3, -0.25) is 9.78 Å². The lowest BCUT2D eigenvalue weighted by atomic mass is 10.2. The minimum atomic E-state index is -0.475. The zero-order valence-corrected chi connectivity index (χ0v) is 8.93. The third-order valence-corrected chi connectivity index (χ3v) is 2.17. The summed E-state index contributed by atoms with van der Waals surface area (Å²) in [5.41, 5.74) is -0.420. The summed E-state index contributed by atoms with van der Waals surface area (Å²) in [5, 5.41) is 2.99. The Hall–Kier alpha value is -1.52. The van der Waals surface area contributed by atoms with Gasteiger partial charge >= 0.3 is 5.69 Å². The first kappa shape index (κ1) is 11.6. The Morgan fingerprint density at radius 2 is 2.07 bits per heavy atom. The van der Waals surface area contributed by atoms with Gasteiger partial charge in [-0.05, 0) is 6.42 Å². The number of hydrogen-bond acceptors (Lipinski definition) is 3. The maximum absolute atomic E-state index is 11.2. The Morgan fingerprint density at radius 1 is 1.27 bits per heavy atom. The SMILES string of the molecule is CCCCCCNc1c[nH]c(=O)[nH]c1=O. The highest BCUT2D eigenvalue weighted by Crippen LogP contribution is 1.99. The minimum absolute atomic E-state index is 0.366. The highest BCUT2D eigenvalue weighted by atomic mass is 16.2. The fourth-order valence-electron chi connectivity index (χ4n) is 1.32. The quantitative estimate of drug-likeness (QED) is 0.615. The van der Waals surface area contributed by atoms with Crippen LogP contribution in [0.1, 0.15) is 32.6 Å². The van der Waals surface area contributed by atoms with Crippen molar-refractivity contribution in [3.8, 4) is 0 Å². The summed E-state index contributed by atoms with van der Waals surface area (Å²) in [7, 11) is 0. The van der Waals surface area contributed by atoms with Crippen LogP contribution in [0.2, 0.25) is 0 Å². The van der Waals surface area contributed by atoms with E-state index < -0.39 is 5.69 Å². The van der Waals surface area contributed by atoms with E-state index >= 15 is 0 Å². The normalized spacial score (nSPS) is 10.2. The second-order valence-electron chi connectivity index (χ2n) is 3.47. The van der Waals surface area contributed by atoms with Crippen molar-refractivity contribution in [3.05, 3.63) is 27.0 Å². The first-order valence-electron chi connectivity index (χ1n) is 5.30. The second-order valence-corrected chi connectivity index (χ2v) is 3.47. The third-order valence-electron chi connectivity index (χ3n) is 2.17. The molecule has 0 saturated carbocycles. The van der Waals surface area contributed by atoms with Crippen molar-refractivity contribution in [1.29, 1.82) is 0 Å². The van der Waals surface area contributed by atoms with Crippen LogP contribution in [0.4, 0.5) is 5.69 Å². The van der Waals surface area contributed by atoms with Gasteiger partial charge in [0.25, 0.3) is 5.56 Å². The van der Waals surface area contributed by atoms with E-state index in [2.05, 4.69) is 22.2 Å². The van der Waals surface area contributed by atoms with E-state index in [1.807, 2.05) is 0 Å². The summed E-state index contributed by atoms with van der Waals surface area (Å²) < 4.78 is 0. The van der Waals surface area contributed by atoms with Crippen LogP contribution < -0.4 is 16.6 Å². The van der Waals surface area contributed by atoms with Crippen molar-refractivity contribution >= 4 is 5.69 Å². The fourth-order valence-corrected chi connectivity index (χ4v) is 1.32. The highest BCUT2D eigenvalue weighted by molar-refractivity contribution is 5.36. The number of hydrogen-bond donors (Lipinski definition) is 3. The van der Waals surface area contributed by atoms with Crippen LogP contribution in [0.3, 0.4) is 0 Å². The van der Waals surface area contributed by atoms with Gasteiger partial charge in [-0.1, -0.05) is 26.2 Å². The standard InChI is InChI=1S/C10H17N3O2/c1-2-3-4-5-6-11-8-7-12-10(15)13-9(8)14/h7,11H,2-6H2,1H3,(H2,12,13,14,15). The largest absolute Gasteiger partial charge is 0.379 e. The molecule has 0 aromatic carbocycles. The zero-order valence-electron chi connectivity index (χ0n) is 8.93. The van der Waals surface area contributed by atoms with Crippen LogP contribution >= 0.6 is 0 Å². The van der Waals surface area contributed by atoms with Gasteiger partial charge in [0.2, 0.25) is 0 Å². The minimum Gasteiger partial charge on any atom is -0.379 e. The molecule has 0 unspecified atom stereocenters. The van der Waals surface area contributed by atoms with Gasteiger partial charge < -0.3 is 10.3 Å². The molecule has 0 radical (unpaired) electrons. The zero-order chi connectivity index (χ0) is 11.1. The molecule has 0 amide bonds. The number of aromatic nitrogens is 2. The van der Waals surface area contributed by atoms with E-state index in [0.717, 1.165) is 19.4 Å². The summed E-state index contributed by atoms with van der Waals surface area (Å²) in [6, 6.07) is 0. The van der Waals surface area contributed by atoms with Crippen LogP contribution in [0.25, 0.3) is 0 Å². The molecular weight excluding hydrogens is 194 g/mol. The van der Waals surface area contributed by atoms with Gasteiger partial charge in [-0.2, -0.15) is 0 Å². The van der Waals surface area contributed by atoms with Gasteiger partial charge in [-0.25, -0.2) is 4.79 Å². The lowest BCUT2D eigenvalue weighted by molar-refractivity contribution is 0.684. The molecule has 0 saturated heterocycles. The Kier molecular flexibility index (Phi) is 4.66. The number of unbranched alkanes of at least 4 members (excludes halogenated alkanes) is 3. The van der Waals surface area contributed by atoms with Gasteiger partial charge in [0.15, 0.2) is 0 Å². The Bertz CT molecular complexity index is 394. The number of aromatic amines is 2. The highest BCUT2D eigenvalue weighted by Gasteiger charge is 1.97. The van der Waals surface area contributed by atoms with Crippen molar-refractivity contribution in [2.45, 2.75) is 32.6 Å². The first-order chi connectivity index (χ1) is 7.24. The molecule has 0 fully saturated rings. The summed E-state index contributed by atoms with van der Waals surface area (Å²) in [5.74, 6) is 0. The molecule has 0 spiro atoms. The topological polar surface area (TPSA) is 77.8 Å². The molecule has 84 valence electrons. The van der Waals surface area contributed by atoms with Crippen molar-refractivity contribution in [2.75, 3.05) is 11.9 Å². The summed E-state index contributed by atoms with van der Waals surface area (Å²) in [4.78, 5) is 26.5. The number of nitrogens with one attached hydrogen (secondary N) is 3. The lowest BCUT2D eigenvalue weighted by Crippen LogP contribution is -2.24. The van der Waals surface area contributed by atoms with Crippen LogP contribution in [-0.4, -0.2) is 16.5 Å². The van der Waals surface area contributed by atoms with E-state index in [-0.39, 0.29) is 5.56 Å². The van der Waals surface area contributed by atoms with E-state index in [0.29, 0.717) is 5.69 Å². The average molecular weight is 211 g/mol. The summed E-state index contributed by atoms with van der Waals surface area (Å²) >= 11 is 0. The van der Waals surface area contributed by atoms with Crippen molar-refractivity contribution < 1.29 is 0 Å². The van der Waals surface area contributed by atoms with Gasteiger partial charge in [0, 0.05) is 12.7 Å². The van der Waals surface area contributed by atoms with E-state index in [1.165, 1.54) is 19.0 Å². The van der Waals surface area contributed by atoms with Crippen molar-refractivity contribution in [3.63, 3.8) is 0 Å². The Labute approximate surface area is 87.9 Å². The lowest BCUT2D eigenvalue weighted by Gasteiger charge is -2.03. The average Bonchev–Trinajstić information content (AvgIpc) is 2.20. The number of anilines is 1. The third kappa shape index (κ3) is 4.01. The number of H-pyrrole nitrogens is 2. The smallest absolute Gasteiger partial charge is 0.325 e. The molecule has 1 aromatic heterocycles. The maximum atomic E-state index is 11.2. The molecule has 0 atom stereocenters. The molecular formula is C10H17N3O2. The predicted octanol–water partition coefficient (Wildman–Crippen LogP) is 1.06. The van der Waals surface area contributed by atoms with Crippen LogP contribution in [0.15, 0.2) is 15.8 Å². The molecule has 5 nitrogen and oxygen atoms in total. The Morgan fingerprint density at radius 3 is 2.73 bits per heavy atom. The molecule has 0 aliphatic rings. The van der Waals surface area contributed by atoms with Crippen LogP contribution in [0.5, 0.6) is 0 Å². The molecule has 1 aromatic rings. The predicted molar refractivity (Wildman–Crippen MR) is 60.3 cm³/mol. The van der Waals surface area contributed by atoms with E-state index in [9.17, 15) is 9.59 Å². The number of rotatable bonds is 6. The molecule has 0 bridgehead atoms. The molecule has 0 aliphatic carbocycles. The van der Waals surface area contributed by atoms with E-state index in [4.69, 9.17) is 0 Å². The fraction of sp³-hybridized carbons (Fsp3) is 0.600. The molecule has 15 heavy (non-hydrogen) atoms. The monoisotopic (exact) mass is 211 g/mol. The molecule has 0 aliphatic heterocycles.